The van der Waals surface area contributed by atoms with E-state index in [9.17, 15) is 0 Å². The number of fused-ring (bicyclic) bond motifs is 3. The minimum absolute atomic E-state index is 0.598. The fraction of sp³-hybridized carbons (Fsp3) is 0.667. The molecule has 2 unspecified atom stereocenters. The zero-order valence-electron chi connectivity index (χ0n) is 11.9. The van der Waals surface area contributed by atoms with Crippen molar-refractivity contribution in [1.82, 2.24) is 14.8 Å². The summed E-state index contributed by atoms with van der Waals surface area (Å²) in [6, 6.07) is 0. The number of aromatic nitrogens is 1. The molecule has 1 fully saturated rings. The number of likely N-dealkylation sites (N-methyl/N-ethyl adjacent to an activating group) is 1. The summed E-state index contributed by atoms with van der Waals surface area (Å²) >= 11 is 3.97. The van der Waals surface area contributed by atoms with Crippen molar-refractivity contribution in [2.45, 2.75) is 30.6 Å². The quantitative estimate of drug-likeness (QED) is 0.836. The fourth-order valence-electron chi connectivity index (χ4n) is 3.35. The molecule has 0 N–H and O–H groups in total. The van der Waals surface area contributed by atoms with Crippen molar-refractivity contribution in [2.75, 3.05) is 33.2 Å². The average molecular weight is 307 g/mol. The predicted octanol–water partition coefficient (Wildman–Crippen LogP) is 2.55. The Hall–Kier alpha value is -0.360. The van der Waals surface area contributed by atoms with E-state index in [1.54, 1.807) is 4.88 Å². The van der Waals surface area contributed by atoms with Crippen LogP contribution in [0.3, 0.4) is 0 Å². The maximum absolute atomic E-state index is 5.01. The third-order valence-corrected chi connectivity index (χ3v) is 6.95. The van der Waals surface area contributed by atoms with Crippen LogP contribution in [0.4, 0.5) is 0 Å². The van der Waals surface area contributed by atoms with Gasteiger partial charge in [0.25, 0.3) is 0 Å². The van der Waals surface area contributed by atoms with E-state index in [2.05, 4.69) is 28.3 Å². The summed E-state index contributed by atoms with van der Waals surface area (Å²) in [5.74, 6) is 0.598. The van der Waals surface area contributed by atoms with E-state index in [1.165, 1.54) is 49.7 Å². The molecule has 1 saturated heterocycles. The van der Waals surface area contributed by atoms with E-state index in [1.807, 2.05) is 23.1 Å². The smallest absolute Gasteiger partial charge is 0.107 e. The summed E-state index contributed by atoms with van der Waals surface area (Å²) in [7, 11) is 2.21. The van der Waals surface area contributed by atoms with E-state index < -0.39 is 0 Å². The Morgan fingerprint density at radius 1 is 1.30 bits per heavy atom. The van der Waals surface area contributed by atoms with Crippen molar-refractivity contribution < 1.29 is 0 Å². The molecule has 0 spiro atoms. The van der Waals surface area contributed by atoms with Crippen LogP contribution >= 0.6 is 23.1 Å². The summed E-state index contributed by atoms with van der Waals surface area (Å²) in [5.41, 5.74) is 1.40. The Morgan fingerprint density at radius 2 is 2.15 bits per heavy atom. The predicted molar refractivity (Wildman–Crippen MR) is 86.5 cm³/mol. The summed E-state index contributed by atoms with van der Waals surface area (Å²) in [4.78, 5) is 11.5. The minimum Gasteiger partial charge on any atom is -0.304 e. The Morgan fingerprint density at radius 3 is 3.00 bits per heavy atom. The Bertz CT molecular complexity index is 517. The SMILES string of the molecule is CN1CCN(Cc2nc3c(s2)CCC2SC=CC32)CC1. The molecule has 1 aromatic heterocycles. The number of hydrogen-bond donors (Lipinski definition) is 0. The Kier molecular flexibility index (Phi) is 3.62. The first-order valence-corrected chi connectivity index (χ1v) is 9.27. The Balaban J connectivity index is 1.49. The van der Waals surface area contributed by atoms with Gasteiger partial charge in [-0.25, -0.2) is 4.98 Å². The lowest BCUT2D eigenvalue weighted by Crippen LogP contribution is -2.43. The standard InChI is InChI=1S/C15H21N3S2/c1-17-5-7-18(8-6-17)10-14-16-15-11-4-9-19-12(11)2-3-13(15)20-14/h4,9,11-12H,2-3,5-8,10H2,1H3. The second kappa shape index (κ2) is 5.44. The average Bonchev–Trinajstić information content (AvgIpc) is 3.06. The number of piperazine rings is 1. The number of aryl methyl sites for hydroxylation is 1. The van der Waals surface area contributed by atoms with Crippen molar-refractivity contribution in [2.24, 2.45) is 0 Å². The zero-order valence-corrected chi connectivity index (χ0v) is 13.6. The van der Waals surface area contributed by atoms with E-state index in [0.29, 0.717) is 5.92 Å². The molecule has 0 aromatic carbocycles. The molecule has 108 valence electrons. The summed E-state index contributed by atoms with van der Waals surface area (Å²) in [6.07, 6.45) is 4.93. The minimum atomic E-state index is 0.598. The van der Waals surface area contributed by atoms with E-state index in [0.717, 1.165) is 11.8 Å². The number of rotatable bonds is 2. The van der Waals surface area contributed by atoms with Crippen LogP contribution in [-0.4, -0.2) is 53.3 Å². The molecule has 3 aliphatic rings. The highest BCUT2D eigenvalue weighted by Crippen LogP contribution is 2.45. The lowest BCUT2D eigenvalue weighted by molar-refractivity contribution is 0.148. The lowest BCUT2D eigenvalue weighted by atomic mass is 9.91. The van der Waals surface area contributed by atoms with Gasteiger partial charge in [0.05, 0.1) is 12.2 Å². The molecule has 0 radical (unpaired) electrons. The first-order valence-electron chi connectivity index (χ1n) is 7.51. The monoisotopic (exact) mass is 307 g/mol. The number of allylic oxidation sites excluding steroid dienone is 1. The number of hydrogen-bond acceptors (Lipinski definition) is 5. The molecule has 3 heterocycles. The molecule has 1 aromatic rings. The summed E-state index contributed by atoms with van der Waals surface area (Å²) in [6.45, 7) is 5.80. The molecule has 2 atom stereocenters. The summed E-state index contributed by atoms with van der Waals surface area (Å²) in [5, 5.41) is 4.38. The van der Waals surface area contributed by atoms with Gasteiger partial charge in [-0.05, 0) is 25.3 Å². The molecular weight excluding hydrogens is 286 g/mol. The highest BCUT2D eigenvalue weighted by molar-refractivity contribution is 8.03. The van der Waals surface area contributed by atoms with Crippen LogP contribution in [0.5, 0.6) is 0 Å². The molecule has 20 heavy (non-hydrogen) atoms. The highest BCUT2D eigenvalue weighted by Gasteiger charge is 2.33. The third kappa shape index (κ3) is 2.45. The van der Waals surface area contributed by atoms with Gasteiger partial charge in [-0.3, -0.25) is 4.90 Å². The maximum atomic E-state index is 5.01. The molecule has 2 aliphatic heterocycles. The second-order valence-corrected chi connectivity index (χ2v) is 8.38. The zero-order chi connectivity index (χ0) is 13.5. The number of thiazole rings is 1. The number of thioether (sulfide) groups is 1. The second-order valence-electron chi connectivity index (χ2n) is 6.06. The van der Waals surface area contributed by atoms with Crippen molar-refractivity contribution in [1.29, 1.82) is 0 Å². The Labute approximate surface area is 129 Å². The van der Waals surface area contributed by atoms with Crippen LogP contribution < -0.4 is 0 Å². The lowest BCUT2D eigenvalue weighted by Gasteiger charge is -2.31. The molecular formula is C15H21N3S2. The van der Waals surface area contributed by atoms with Crippen molar-refractivity contribution in [3.05, 3.63) is 27.1 Å². The molecule has 0 saturated carbocycles. The first kappa shape index (κ1) is 13.3. The van der Waals surface area contributed by atoms with Gasteiger partial charge in [0.1, 0.15) is 5.01 Å². The molecule has 0 bridgehead atoms. The van der Waals surface area contributed by atoms with Gasteiger partial charge >= 0.3 is 0 Å². The molecule has 0 amide bonds. The third-order valence-electron chi connectivity index (χ3n) is 4.64. The van der Waals surface area contributed by atoms with Crippen molar-refractivity contribution in [3.8, 4) is 0 Å². The van der Waals surface area contributed by atoms with Crippen molar-refractivity contribution >= 4 is 23.1 Å². The van der Waals surface area contributed by atoms with Crippen LogP contribution in [-0.2, 0) is 13.0 Å². The first-order chi connectivity index (χ1) is 9.79. The molecule has 3 nitrogen and oxygen atoms in total. The van der Waals surface area contributed by atoms with Crippen LogP contribution in [0.2, 0.25) is 0 Å². The van der Waals surface area contributed by atoms with Crippen LogP contribution in [0.15, 0.2) is 11.5 Å². The number of nitrogens with zero attached hydrogens (tertiary/aromatic N) is 3. The van der Waals surface area contributed by atoms with E-state index in [-0.39, 0.29) is 0 Å². The van der Waals surface area contributed by atoms with Gasteiger partial charge in [0, 0.05) is 42.2 Å². The van der Waals surface area contributed by atoms with Crippen LogP contribution in [0, 0.1) is 0 Å². The van der Waals surface area contributed by atoms with Gasteiger partial charge in [0.2, 0.25) is 0 Å². The molecule has 1 aliphatic carbocycles. The summed E-state index contributed by atoms with van der Waals surface area (Å²) < 4.78 is 0. The van der Waals surface area contributed by atoms with E-state index in [4.69, 9.17) is 4.98 Å². The van der Waals surface area contributed by atoms with Gasteiger partial charge in [-0.15, -0.1) is 23.1 Å². The highest BCUT2D eigenvalue weighted by atomic mass is 32.2. The topological polar surface area (TPSA) is 19.4 Å². The van der Waals surface area contributed by atoms with E-state index >= 15 is 0 Å². The normalized spacial score (nSPS) is 30.4. The molecule has 5 heteroatoms. The van der Waals surface area contributed by atoms with Crippen LogP contribution in [0.25, 0.3) is 0 Å². The van der Waals surface area contributed by atoms with Gasteiger partial charge in [-0.1, -0.05) is 6.08 Å². The maximum Gasteiger partial charge on any atom is 0.107 e. The fourth-order valence-corrected chi connectivity index (χ4v) is 5.63. The molecule has 4 rings (SSSR count). The van der Waals surface area contributed by atoms with Gasteiger partial charge in [0.15, 0.2) is 0 Å². The largest absolute Gasteiger partial charge is 0.304 e. The van der Waals surface area contributed by atoms with Crippen molar-refractivity contribution in [3.63, 3.8) is 0 Å². The van der Waals surface area contributed by atoms with Gasteiger partial charge in [-0.2, -0.15) is 0 Å². The van der Waals surface area contributed by atoms with Gasteiger partial charge < -0.3 is 4.90 Å². The van der Waals surface area contributed by atoms with Crippen LogP contribution in [0.1, 0.15) is 27.9 Å².